The maximum Gasteiger partial charge on any atom is 0.267 e. The SMILES string of the molecule is CCC(C)NC(=O)CSc1nnc2n(-c3cc(C)ccc3C)c(=O)c3ccccc3n12. The summed E-state index contributed by atoms with van der Waals surface area (Å²) in [6, 6.07) is 13.5. The van der Waals surface area contributed by atoms with Crippen molar-refractivity contribution in [2.45, 2.75) is 45.3 Å². The molecule has 0 saturated carbocycles. The molecule has 0 aliphatic rings. The first kappa shape index (κ1) is 21.1. The quantitative estimate of drug-likeness (QED) is 0.468. The van der Waals surface area contributed by atoms with Crippen LogP contribution in [0.15, 0.2) is 52.4 Å². The molecule has 1 N–H and O–H groups in total. The molecule has 7 nitrogen and oxygen atoms in total. The molecule has 160 valence electrons. The first-order valence-corrected chi connectivity index (χ1v) is 11.3. The van der Waals surface area contributed by atoms with E-state index in [-0.39, 0.29) is 23.3 Å². The molecule has 1 amide bonds. The minimum Gasteiger partial charge on any atom is -0.353 e. The molecule has 0 saturated heterocycles. The normalized spacial score (nSPS) is 12.4. The van der Waals surface area contributed by atoms with Crippen LogP contribution in [0.3, 0.4) is 0 Å². The van der Waals surface area contributed by atoms with Crippen LogP contribution >= 0.6 is 11.8 Å². The molecule has 2 aromatic carbocycles. The van der Waals surface area contributed by atoms with Gasteiger partial charge in [-0.2, -0.15) is 0 Å². The Labute approximate surface area is 184 Å². The van der Waals surface area contributed by atoms with Gasteiger partial charge in [0.1, 0.15) is 0 Å². The molecule has 1 atom stereocenters. The lowest BCUT2D eigenvalue weighted by Crippen LogP contribution is -2.33. The highest BCUT2D eigenvalue weighted by molar-refractivity contribution is 7.99. The average molecular weight is 436 g/mol. The summed E-state index contributed by atoms with van der Waals surface area (Å²) in [5.74, 6) is 0.604. The van der Waals surface area contributed by atoms with E-state index in [2.05, 4.69) is 15.5 Å². The van der Waals surface area contributed by atoms with Crippen molar-refractivity contribution in [3.8, 4) is 5.69 Å². The lowest BCUT2D eigenvalue weighted by molar-refractivity contribution is -0.119. The van der Waals surface area contributed by atoms with Gasteiger partial charge in [0.25, 0.3) is 5.56 Å². The second kappa shape index (κ2) is 8.55. The number of rotatable bonds is 6. The van der Waals surface area contributed by atoms with Gasteiger partial charge in [-0.05, 0) is 56.5 Å². The highest BCUT2D eigenvalue weighted by atomic mass is 32.2. The number of hydrogen-bond acceptors (Lipinski definition) is 5. The molecule has 0 spiro atoms. The van der Waals surface area contributed by atoms with E-state index in [1.807, 2.05) is 74.6 Å². The average Bonchev–Trinajstić information content (AvgIpc) is 3.18. The number of amides is 1. The molecular weight excluding hydrogens is 410 g/mol. The zero-order valence-corrected chi connectivity index (χ0v) is 18.9. The largest absolute Gasteiger partial charge is 0.353 e. The highest BCUT2D eigenvalue weighted by Gasteiger charge is 2.19. The van der Waals surface area contributed by atoms with E-state index in [4.69, 9.17) is 0 Å². The molecule has 0 radical (unpaired) electrons. The zero-order valence-electron chi connectivity index (χ0n) is 18.0. The van der Waals surface area contributed by atoms with Crippen LogP contribution in [0.1, 0.15) is 31.4 Å². The molecule has 0 fully saturated rings. The number of nitrogens with zero attached hydrogens (tertiary/aromatic N) is 4. The van der Waals surface area contributed by atoms with Crippen LogP contribution in [0.25, 0.3) is 22.4 Å². The van der Waals surface area contributed by atoms with E-state index in [1.165, 1.54) is 11.8 Å². The number of para-hydroxylation sites is 1. The van der Waals surface area contributed by atoms with Crippen LogP contribution in [-0.4, -0.2) is 36.9 Å². The Morgan fingerprint density at radius 3 is 2.71 bits per heavy atom. The van der Waals surface area contributed by atoms with Gasteiger partial charge in [0.05, 0.1) is 22.3 Å². The van der Waals surface area contributed by atoms with Crippen molar-refractivity contribution in [2.75, 3.05) is 5.75 Å². The van der Waals surface area contributed by atoms with Crippen LogP contribution in [0.4, 0.5) is 0 Å². The van der Waals surface area contributed by atoms with Gasteiger partial charge in [-0.25, -0.2) is 4.57 Å². The fraction of sp³-hybridized carbons (Fsp3) is 0.304. The summed E-state index contributed by atoms with van der Waals surface area (Å²) in [4.78, 5) is 25.7. The summed E-state index contributed by atoms with van der Waals surface area (Å²) in [6.45, 7) is 7.97. The maximum absolute atomic E-state index is 13.4. The Morgan fingerprint density at radius 2 is 1.94 bits per heavy atom. The third-order valence-corrected chi connectivity index (χ3v) is 6.28. The van der Waals surface area contributed by atoms with Crippen molar-refractivity contribution >= 4 is 34.3 Å². The second-order valence-electron chi connectivity index (χ2n) is 7.73. The fourth-order valence-corrected chi connectivity index (χ4v) is 4.25. The maximum atomic E-state index is 13.4. The van der Waals surface area contributed by atoms with Crippen molar-refractivity contribution < 1.29 is 4.79 Å². The Balaban J connectivity index is 1.89. The van der Waals surface area contributed by atoms with E-state index >= 15 is 0 Å². The predicted octanol–water partition coefficient (Wildman–Crippen LogP) is 3.66. The van der Waals surface area contributed by atoms with Crippen molar-refractivity contribution in [3.63, 3.8) is 0 Å². The summed E-state index contributed by atoms with van der Waals surface area (Å²) in [5.41, 5.74) is 3.37. The van der Waals surface area contributed by atoms with Crippen LogP contribution in [0.5, 0.6) is 0 Å². The third kappa shape index (κ3) is 3.95. The van der Waals surface area contributed by atoms with Crippen molar-refractivity contribution in [3.05, 3.63) is 63.9 Å². The van der Waals surface area contributed by atoms with E-state index < -0.39 is 0 Å². The van der Waals surface area contributed by atoms with Crippen LogP contribution in [0.2, 0.25) is 0 Å². The van der Waals surface area contributed by atoms with Gasteiger partial charge in [0.15, 0.2) is 5.16 Å². The number of hydrogen-bond donors (Lipinski definition) is 1. The van der Waals surface area contributed by atoms with Crippen molar-refractivity contribution in [2.24, 2.45) is 0 Å². The molecule has 8 heteroatoms. The first-order chi connectivity index (χ1) is 14.9. The minimum atomic E-state index is -0.143. The number of benzene rings is 2. The molecular formula is C23H25N5O2S. The smallest absolute Gasteiger partial charge is 0.267 e. The number of aryl methyl sites for hydroxylation is 2. The molecule has 0 aliphatic heterocycles. The topological polar surface area (TPSA) is 81.3 Å². The van der Waals surface area contributed by atoms with Gasteiger partial charge in [-0.15, -0.1) is 10.2 Å². The standard InChI is InChI=1S/C23H25N5O2S/c1-5-16(4)24-20(29)13-31-23-26-25-22-27(19-12-14(2)10-11-15(19)3)21(30)17-8-6-7-9-18(17)28(22)23/h6-12,16H,5,13H2,1-4H3,(H,24,29). The van der Waals surface area contributed by atoms with Crippen LogP contribution in [0, 0.1) is 13.8 Å². The number of thioether (sulfide) groups is 1. The van der Waals surface area contributed by atoms with Gasteiger partial charge in [0.2, 0.25) is 11.7 Å². The molecule has 1 unspecified atom stereocenters. The lowest BCUT2D eigenvalue weighted by atomic mass is 10.1. The Kier molecular flexibility index (Phi) is 5.82. The van der Waals surface area contributed by atoms with Crippen LogP contribution < -0.4 is 10.9 Å². The Morgan fingerprint density at radius 1 is 1.16 bits per heavy atom. The summed E-state index contributed by atoms with van der Waals surface area (Å²) in [5, 5.41) is 12.8. The molecule has 4 rings (SSSR count). The fourth-order valence-electron chi connectivity index (χ4n) is 3.50. The summed E-state index contributed by atoms with van der Waals surface area (Å²) >= 11 is 1.31. The van der Waals surface area contributed by atoms with Crippen molar-refractivity contribution in [1.29, 1.82) is 0 Å². The highest BCUT2D eigenvalue weighted by Crippen LogP contribution is 2.24. The number of nitrogens with one attached hydrogen (secondary N) is 1. The minimum absolute atomic E-state index is 0.0525. The van der Waals surface area contributed by atoms with E-state index in [0.717, 1.165) is 28.8 Å². The molecule has 0 bridgehead atoms. The molecule has 0 aliphatic carbocycles. The molecule has 4 aromatic rings. The lowest BCUT2D eigenvalue weighted by Gasteiger charge is -2.14. The van der Waals surface area contributed by atoms with E-state index in [0.29, 0.717) is 16.3 Å². The van der Waals surface area contributed by atoms with Gasteiger partial charge >= 0.3 is 0 Å². The predicted molar refractivity (Wildman–Crippen MR) is 124 cm³/mol. The molecule has 2 aromatic heterocycles. The monoisotopic (exact) mass is 435 g/mol. The van der Waals surface area contributed by atoms with E-state index in [9.17, 15) is 9.59 Å². The Bertz CT molecular complexity index is 1340. The van der Waals surface area contributed by atoms with Gasteiger partial charge in [-0.1, -0.05) is 43.0 Å². The number of carbonyl (C=O) groups is 1. The van der Waals surface area contributed by atoms with Gasteiger partial charge in [0, 0.05) is 6.04 Å². The third-order valence-electron chi connectivity index (χ3n) is 5.35. The molecule has 2 heterocycles. The van der Waals surface area contributed by atoms with Gasteiger partial charge in [-0.3, -0.25) is 14.0 Å². The first-order valence-electron chi connectivity index (χ1n) is 10.3. The van der Waals surface area contributed by atoms with Crippen LogP contribution in [-0.2, 0) is 4.79 Å². The number of aromatic nitrogens is 4. The second-order valence-corrected chi connectivity index (χ2v) is 8.67. The number of fused-ring (bicyclic) bond motifs is 3. The van der Waals surface area contributed by atoms with Gasteiger partial charge < -0.3 is 5.32 Å². The van der Waals surface area contributed by atoms with Crippen molar-refractivity contribution in [1.82, 2.24) is 24.5 Å². The zero-order chi connectivity index (χ0) is 22.1. The molecule has 31 heavy (non-hydrogen) atoms. The summed E-state index contributed by atoms with van der Waals surface area (Å²) in [6.07, 6.45) is 0.872. The number of carbonyl (C=O) groups excluding carboxylic acids is 1. The Hall–Kier alpha value is -3.13. The summed E-state index contributed by atoms with van der Waals surface area (Å²) in [7, 11) is 0. The summed E-state index contributed by atoms with van der Waals surface area (Å²) < 4.78 is 3.47. The van der Waals surface area contributed by atoms with E-state index in [1.54, 1.807) is 4.57 Å².